The molecule has 1 unspecified atom stereocenters. The van der Waals surface area contributed by atoms with Gasteiger partial charge in [0, 0.05) is 5.92 Å². The van der Waals surface area contributed by atoms with Crippen LogP contribution in [0.4, 0.5) is 18.9 Å². The second-order valence-electron chi connectivity index (χ2n) is 6.92. The number of amides is 1. The normalized spacial score (nSPS) is 21.0. The van der Waals surface area contributed by atoms with E-state index in [1.807, 2.05) is 6.92 Å². The number of ether oxygens (including phenoxy) is 1. The van der Waals surface area contributed by atoms with E-state index in [2.05, 4.69) is 10.6 Å². The molecular formula is C18H24ClF3N2O2. The van der Waals surface area contributed by atoms with E-state index >= 15 is 0 Å². The third-order valence-electron chi connectivity index (χ3n) is 5.13. The van der Waals surface area contributed by atoms with Gasteiger partial charge in [-0.15, -0.1) is 12.4 Å². The third kappa shape index (κ3) is 4.43. The lowest BCUT2D eigenvalue weighted by Crippen LogP contribution is -2.31. The molecular weight excluding hydrogens is 369 g/mol. The Morgan fingerprint density at radius 3 is 2.65 bits per heavy atom. The maximum absolute atomic E-state index is 13.0. The highest BCUT2D eigenvalue weighted by atomic mass is 35.5. The first kappa shape index (κ1) is 20.8. The minimum atomic E-state index is -4.46. The number of carbonyl (C=O) groups excluding carboxylic acids is 1. The number of nitrogens with one attached hydrogen (secondary N) is 2. The van der Waals surface area contributed by atoms with Crippen LogP contribution in [0.15, 0.2) is 18.2 Å². The first-order valence-corrected chi connectivity index (χ1v) is 8.71. The molecule has 0 bridgehead atoms. The number of hydrogen-bond acceptors (Lipinski definition) is 3. The van der Waals surface area contributed by atoms with Crippen LogP contribution in [0.5, 0.6) is 5.75 Å². The highest BCUT2D eigenvalue weighted by molar-refractivity contribution is 5.96. The molecule has 26 heavy (non-hydrogen) atoms. The van der Waals surface area contributed by atoms with E-state index in [9.17, 15) is 18.0 Å². The summed E-state index contributed by atoms with van der Waals surface area (Å²) in [5, 5.41) is 5.95. The van der Waals surface area contributed by atoms with Gasteiger partial charge in [-0.05, 0) is 62.4 Å². The molecule has 146 valence electrons. The Kier molecular flexibility index (Phi) is 6.45. The largest absolute Gasteiger partial charge is 0.491 e. The number of hydrogen-bond donors (Lipinski definition) is 2. The zero-order valence-electron chi connectivity index (χ0n) is 14.6. The van der Waals surface area contributed by atoms with Crippen molar-refractivity contribution in [3.05, 3.63) is 23.8 Å². The lowest BCUT2D eigenvalue weighted by molar-refractivity contribution is -0.137. The molecule has 0 aromatic heterocycles. The van der Waals surface area contributed by atoms with E-state index in [0.29, 0.717) is 6.61 Å². The monoisotopic (exact) mass is 392 g/mol. The Morgan fingerprint density at radius 1 is 1.35 bits per heavy atom. The zero-order valence-corrected chi connectivity index (χ0v) is 15.4. The molecule has 1 saturated carbocycles. The lowest BCUT2D eigenvalue weighted by atomic mass is 9.92. The van der Waals surface area contributed by atoms with Gasteiger partial charge in [-0.1, -0.05) is 6.92 Å². The molecule has 0 radical (unpaired) electrons. The fraction of sp³-hybridized carbons (Fsp3) is 0.611. The van der Waals surface area contributed by atoms with Crippen LogP contribution >= 0.6 is 12.4 Å². The molecule has 2 fully saturated rings. The molecule has 4 nitrogen and oxygen atoms in total. The second-order valence-corrected chi connectivity index (χ2v) is 6.92. The van der Waals surface area contributed by atoms with Gasteiger partial charge in [-0.25, -0.2) is 0 Å². The van der Waals surface area contributed by atoms with Crippen LogP contribution in [0.2, 0.25) is 0 Å². The number of piperidine rings is 1. The third-order valence-corrected chi connectivity index (χ3v) is 5.13. The SMILES string of the molecule is CCCOc1ccc(C(F)(F)F)cc1NC(=O)C1CC12CCNCC2.Cl. The molecule has 1 aromatic carbocycles. The number of halogens is 4. The highest BCUT2D eigenvalue weighted by Gasteiger charge is 2.57. The first-order valence-electron chi connectivity index (χ1n) is 8.71. The van der Waals surface area contributed by atoms with Gasteiger partial charge < -0.3 is 15.4 Å². The van der Waals surface area contributed by atoms with Crippen molar-refractivity contribution in [2.75, 3.05) is 25.0 Å². The van der Waals surface area contributed by atoms with Crippen molar-refractivity contribution in [1.82, 2.24) is 5.32 Å². The standard InChI is InChI=1S/C18H23F3N2O2.ClH/c1-2-9-25-15-4-3-12(18(19,20)21)10-14(15)23-16(24)13-11-17(13)5-7-22-8-6-17;/h3-4,10,13,22H,2,5-9,11H2,1H3,(H,23,24);1H. The van der Waals surface area contributed by atoms with E-state index in [0.717, 1.165) is 50.9 Å². The van der Waals surface area contributed by atoms with Gasteiger partial charge in [0.1, 0.15) is 5.75 Å². The number of carbonyl (C=O) groups is 1. The van der Waals surface area contributed by atoms with E-state index < -0.39 is 11.7 Å². The Hall–Kier alpha value is -1.47. The summed E-state index contributed by atoms with van der Waals surface area (Å²) in [5.74, 6) is -0.0473. The number of rotatable bonds is 5. The van der Waals surface area contributed by atoms with Gasteiger partial charge in [0.2, 0.25) is 5.91 Å². The summed E-state index contributed by atoms with van der Waals surface area (Å²) in [4.78, 5) is 12.6. The van der Waals surface area contributed by atoms with Crippen LogP contribution in [0.25, 0.3) is 0 Å². The average Bonchev–Trinajstić information content (AvgIpc) is 3.26. The van der Waals surface area contributed by atoms with Gasteiger partial charge in [0.15, 0.2) is 0 Å². The van der Waals surface area contributed by atoms with E-state index in [1.54, 1.807) is 0 Å². The summed E-state index contributed by atoms with van der Waals surface area (Å²) < 4.78 is 44.5. The van der Waals surface area contributed by atoms with Gasteiger partial charge in [-0.3, -0.25) is 4.79 Å². The fourth-order valence-electron chi connectivity index (χ4n) is 3.56. The molecule has 1 atom stereocenters. The smallest absolute Gasteiger partial charge is 0.416 e. The van der Waals surface area contributed by atoms with E-state index in [1.165, 1.54) is 6.07 Å². The predicted octanol–water partition coefficient (Wildman–Crippen LogP) is 4.24. The van der Waals surface area contributed by atoms with Gasteiger partial charge in [0.25, 0.3) is 0 Å². The van der Waals surface area contributed by atoms with Crippen molar-refractivity contribution in [2.24, 2.45) is 11.3 Å². The Balaban J connectivity index is 0.00000243. The molecule has 1 amide bonds. The van der Waals surface area contributed by atoms with Crippen LogP contribution in [0.3, 0.4) is 0 Å². The van der Waals surface area contributed by atoms with Gasteiger partial charge >= 0.3 is 6.18 Å². The van der Waals surface area contributed by atoms with Crippen LogP contribution < -0.4 is 15.4 Å². The van der Waals surface area contributed by atoms with Crippen molar-refractivity contribution in [1.29, 1.82) is 0 Å². The van der Waals surface area contributed by atoms with Crippen molar-refractivity contribution in [3.8, 4) is 5.75 Å². The molecule has 1 aromatic rings. The minimum Gasteiger partial charge on any atom is -0.491 e. The highest BCUT2D eigenvalue weighted by Crippen LogP contribution is 2.59. The zero-order chi connectivity index (χ0) is 18.1. The molecule has 1 saturated heterocycles. The summed E-state index contributed by atoms with van der Waals surface area (Å²) in [5.41, 5.74) is -0.662. The van der Waals surface area contributed by atoms with Crippen LogP contribution in [-0.4, -0.2) is 25.6 Å². The van der Waals surface area contributed by atoms with Crippen molar-refractivity contribution < 1.29 is 22.7 Å². The fourth-order valence-corrected chi connectivity index (χ4v) is 3.56. The summed E-state index contributed by atoms with van der Waals surface area (Å²) in [6.45, 7) is 4.07. The van der Waals surface area contributed by atoms with Gasteiger partial charge in [-0.2, -0.15) is 13.2 Å². The number of anilines is 1. The predicted molar refractivity (Wildman–Crippen MR) is 95.8 cm³/mol. The summed E-state index contributed by atoms with van der Waals surface area (Å²) in [6, 6.07) is 3.22. The Morgan fingerprint density at radius 2 is 2.04 bits per heavy atom. The number of benzene rings is 1. The summed E-state index contributed by atoms with van der Waals surface area (Å²) in [6.07, 6.45) is -1.05. The van der Waals surface area contributed by atoms with Crippen LogP contribution in [-0.2, 0) is 11.0 Å². The molecule has 2 aliphatic rings. The Bertz CT molecular complexity index is 646. The first-order chi connectivity index (χ1) is 11.9. The topological polar surface area (TPSA) is 50.4 Å². The molecule has 1 heterocycles. The van der Waals surface area contributed by atoms with E-state index in [-0.39, 0.29) is 41.1 Å². The molecule has 1 aliphatic heterocycles. The molecule has 1 aliphatic carbocycles. The van der Waals surface area contributed by atoms with Crippen molar-refractivity contribution >= 4 is 24.0 Å². The maximum Gasteiger partial charge on any atom is 0.416 e. The minimum absolute atomic E-state index is 0. The quantitative estimate of drug-likeness (QED) is 0.787. The van der Waals surface area contributed by atoms with Crippen LogP contribution in [0, 0.1) is 11.3 Å². The van der Waals surface area contributed by atoms with Crippen molar-refractivity contribution in [2.45, 2.75) is 38.8 Å². The molecule has 3 rings (SSSR count). The van der Waals surface area contributed by atoms with Gasteiger partial charge in [0.05, 0.1) is 17.9 Å². The summed E-state index contributed by atoms with van der Waals surface area (Å²) >= 11 is 0. The molecule has 1 spiro atoms. The maximum atomic E-state index is 13.0. The van der Waals surface area contributed by atoms with E-state index in [4.69, 9.17) is 4.74 Å². The lowest BCUT2D eigenvalue weighted by Gasteiger charge is -2.23. The number of alkyl halides is 3. The second kappa shape index (κ2) is 8.05. The average molecular weight is 393 g/mol. The van der Waals surface area contributed by atoms with Crippen LogP contribution in [0.1, 0.15) is 38.2 Å². The Labute approximate surface area is 157 Å². The molecule has 2 N–H and O–H groups in total. The van der Waals surface area contributed by atoms with Crippen molar-refractivity contribution in [3.63, 3.8) is 0 Å². The summed E-state index contributed by atoms with van der Waals surface area (Å²) in [7, 11) is 0. The molecule has 8 heteroatoms.